The maximum atomic E-state index is 13.7. The number of hydrogen-bond donors (Lipinski definition) is 0. The molecule has 0 amide bonds. The monoisotopic (exact) mass is 491 g/mol. The fraction of sp³-hybridized carbons (Fsp3) is 0.296. The molecule has 1 aliphatic rings. The molecule has 2 aromatic carbocycles. The Labute approximate surface area is 208 Å². The standard InChI is InChI=1S/C27H29N3O4S/c1-7-34-26(32)23-17(3)28-27-30(24(23)19-10-12-20(13-11-19)29(4)5)25(31)22(35-27)15-18-9-8-16(2)21(14-18)33-6/h8-15,24H,7H2,1-6H3/b22-15+. The van der Waals surface area contributed by atoms with Gasteiger partial charge in [0.1, 0.15) is 5.75 Å². The fourth-order valence-electron chi connectivity index (χ4n) is 4.14. The van der Waals surface area contributed by atoms with Gasteiger partial charge in [-0.05, 0) is 61.7 Å². The van der Waals surface area contributed by atoms with Crippen LogP contribution in [0, 0.1) is 6.92 Å². The van der Waals surface area contributed by atoms with Crippen molar-refractivity contribution in [1.29, 1.82) is 0 Å². The van der Waals surface area contributed by atoms with Gasteiger partial charge in [-0.2, -0.15) is 0 Å². The molecule has 0 saturated heterocycles. The van der Waals surface area contributed by atoms with Gasteiger partial charge in [-0.15, -0.1) is 0 Å². The number of aryl methyl sites for hydroxylation is 1. The van der Waals surface area contributed by atoms with E-state index in [1.165, 1.54) is 11.3 Å². The van der Waals surface area contributed by atoms with Gasteiger partial charge < -0.3 is 14.4 Å². The highest BCUT2D eigenvalue weighted by molar-refractivity contribution is 7.07. The van der Waals surface area contributed by atoms with Crippen LogP contribution in [0.3, 0.4) is 0 Å². The summed E-state index contributed by atoms with van der Waals surface area (Å²) in [6.07, 6.45) is 1.83. The smallest absolute Gasteiger partial charge is 0.338 e. The number of allylic oxidation sites excluding steroid dienone is 1. The zero-order chi connectivity index (χ0) is 25.3. The van der Waals surface area contributed by atoms with Crippen LogP contribution in [0.25, 0.3) is 6.08 Å². The van der Waals surface area contributed by atoms with Crippen LogP contribution >= 0.6 is 11.3 Å². The van der Waals surface area contributed by atoms with E-state index >= 15 is 0 Å². The summed E-state index contributed by atoms with van der Waals surface area (Å²) < 4.78 is 12.9. The van der Waals surface area contributed by atoms with Gasteiger partial charge in [-0.25, -0.2) is 9.79 Å². The lowest BCUT2D eigenvalue weighted by Crippen LogP contribution is -2.39. The number of benzene rings is 2. The molecule has 0 N–H and O–H groups in total. The van der Waals surface area contributed by atoms with Gasteiger partial charge in [-0.3, -0.25) is 9.36 Å². The summed E-state index contributed by atoms with van der Waals surface area (Å²) in [5.41, 5.74) is 4.43. The quantitative estimate of drug-likeness (QED) is 0.495. The van der Waals surface area contributed by atoms with Gasteiger partial charge in [0.2, 0.25) is 0 Å². The number of carbonyl (C=O) groups is 1. The van der Waals surface area contributed by atoms with Crippen LogP contribution in [0.2, 0.25) is 0 Å². The summed E-state index contributed by atoms with van der Waals surface area (Å²) in [6.45, 7) is 5.76. The topological polar surface area (TPSA) is 73.1 Å². The van der Waals surface area contributed by atoms with E-state index in [4.69, 9.17) is 9.47 Å². The summed E-state index contributed by atoms with van der Waals surface area (Å²) in [6, 6.07) is 13.0. The van der Waals surface area contributed by atoms with Crippen LogP contribution in [-0.4, -0.2) is 38.3 Å². The molecule has 35 heavy (non-hydrogen) atoms. The molecule has 0 radical (unpaired) electrons. The van der Waals surface area contributed by atoms with E-state index in [0.29, 0.717) is 20.6 Å². The second-order valence-corrected chi connectivity index (χ2v) is 9.53. The average Bonchev–Trinajstić information content (AvgIpc) is 3.13. The Morgan fingerprint density at radius 1 is 1.17 bits per heavy atom. The summed E-state index contributed by atoms with van der Waals surface area (Å²) in [5.74, 6) is 0.291. The Morgan fingerprint density at radius 3 is 2.51 bits per heavy atom. The number of thiazole rings is 1. The molecule has 1 aromatic heterocycles. The number of carbonyl (C=O) groups excluding carboxylic acids is 1. The molecule has 1 unspecified atom stereocenters. The van der Waals surface area contributed by atoms with Crippen LogP contribution in [0.1, 0.15) is 36.6 Å². The van der Waals surface area contributed by atoms with E-state index in [1.807, 2.05) is 74.5 Å². The lowest BCUT2D eigenvalue weighted by atomic mass is 9.95. The first-order chi connectivity index (χ1) is 16.7. The highest BCUT2D eigenvalue weighted by Gasteiger charge is 2.33. The van der Waals surface area contributed by atoms with Gasteiger partial charge in [-0.1, -0.05) is 35.6 Å². The summed E-state index contributed by atoms with van der Waals surface area (Å²) in [4.78, 5) is 33.9. The lowest BCUT2D eigenvalue weighted by molar-refractivity contribution is -0.139. The van der Waals surface area contributed by atoms with Gasteiger partial charge >= 0.3 is 5.97 Å². The van der Waals surface area contributed by atoms with E-state index < -0.39 is 12.0 Å². The minimum absolute atomic E-state index is 0.204. The van der Waals surface area contributed by atoms with E-state index in [9.17, 15) is 9.59 Å². The van der Waals surface area contributed by atoms with Crippen molar-refractivity contribution in [2.45, 2.75) is 26.8 Å². The Hall–Kier alpha value is -3.65. The first-order valence-corrected chi connectivity index (χ1v) is 12.2. The van der Waals surface area contributed by atoms with Crippen molar-refractivity contribution in [3.63, 3.8) is 0 Å². The molecule has 1 atom stereocenters. The van der Waals surface area contributed by atoms with Crippen molar-refractivity contribution >= 4 is 29.1 Å². The predicted octanol–water partition coefficient (Wildman–Crippen LogP) is 3.18. The molecule has 7 nitrogen and oxygen atoms in total. The molecule has 4 rings (SSSR count). The first-order valence-electron chi connectivity index (χ1n) is 11.4. The largest absolute Gasteiger partial charge is 0.496 e. The van der Waals surface area contributed by atoms with Crippen LogP contribution in [0.5, 0.6) is 5.75 Å². The molecule has 8 heteroatoms. The fourth-order valence-corrected chi connectivity index (χ4v) is 5.19. The van der Waals surface area contributed by atoms with E-state index in [1.54, 1.807) is 25.5 Å². The third-order valence-electron chi connectivity index (χ3n) is 5.97. The molecule has 0 saturated carbocycles. The zero-order valence-electron chi connectivity index (χ0n) is 20.8. The maximum absolute atomic E-state index is 13.7. The highest BCUT2D eigenvalue weighted by Crippen LogP contribution is 2.31. The zero-order valence-corrected chi connectivity index (χ0v) is 21.6. The SMILES string of the molecule is CCOC(=O)C1=C(C)N=c2s/c(=C/c3ccc(C)c(OC)c3)c(=O)n2C1c1ccc(N(C)C)cc1. The molecule has 0 bridgehead atoms. The average molecular weight is 492 g/mol. The highest BCUT2D eigenvalue weighted by atomic mass is 32.1. The summed E-state index contributed by atoms with van der Waals surface area (Å²) in [5, 5.41) is 0. The number of nitrogens with zero attached hydrogens (tertiary/aromatic N) is 3. The predicted molar refractivity (Wildman–Crippen MR) is 139 cm³/mol. The minimum atomic E-state index is -0.629. The molecule has 3 aromatic rings. The number of ether oxygens (including phenoxy) is 2. The van der Waals surface area contributed by atoms with Crippen molar-refractivity contribution in [3.05, 3.63) is 90.1 Å². The second kappa shape index (κ2) is 9.92. The number of fused-ring (bicyclic) bond motifs is 1. The maximum Gasteiger partial charge on any atom is 0.338 e. The van der Waals surface area contributed by atoms with Crippen LogP contribution < -0.4 is 24.5 Å². The molecular weight excluding hydrogens is 462 g/mol. The Kier molecular flexibility index (Phi) is 6.93. The molecule has 0 aliphatic carbocycles. The van der Waals surface area contributed by atoms with E-state index in [-0.39, 0.29) is 12.2 Å². The molecule has 2 heterocycles. The van der Waals surface area contributed by atoms with Crippen LogP contribution in [0.4, 0.5) is 5.69 Å². The van der Waals surface area contributed by atoms with Crippen molar-refractivity contribution in [2.24, 2.45) is 4.99 Å². The molecule has 1 aliphatic heterocycles. The number of esters is 1. The van der Waals surface area contributed by atoms with Crippen LogP contribution in [-0.2, 0) is 9.53 Å². The van der Waals surface area contributed by atoms with Crippen LogP contribution in [0.15, 0.2) is 63.5 Å². The van der Waals surface area contributed by atoms with Gasteiger partial charge in [0.25, 0.3) is 5.56 Å². The van der Waals surface area contributed by atoms with Crippen molar-refractivity contribution in [1.82, 2.24) is 4.57 Å². The molecule has 182 valence electrons. The number of hydrogen-bond acceptors (Lipinski definition) is 7. The first kappa shape index (κ1) is 24.5. The third-order valence-corrected chi connectivity index (χ3v) is 6.96. The van der Waals surface area contributed by atoms with E-state index in [0.717, 1.165) is 28.1 Å². The number of rotatable bonds is 6. The number of anilines is 1. The number of aromatic nitrogens is 1. The lowest BCUT2D eigenvalue weighted by Gasteiger charge is -2.25. The Balaban J connectivity index is 1.92. The van der Waals surface area contributed by atoms with Gasteiger partial charge in [0, 0.05) is 19.8 Å². The van der Waals surface area contributed by atoms with Crippen molar-refractivity contribution in [2.75, 3.05) is 32.7 Å². The normalized spacial score (nSPS) is 15.5. The van der Waals surface area contributed by atoms with Gasteiger partial charge in [0.05, 0.1) is 35.6 Å². The molecular formula is C27H29N3O4S. The van der Waals surface area contributed by atoms with Crippen molar-refractivity contribution < 1.29 is 14.3 Å². The molecule has 0 spiro atoms. The summed E-state index contributed by atoms with van der Waals surface area (Å²) in [7, 11) is 5.56. The minimum Gasteiger partial charge on any atom is -0.496 e. The van der Waals surface area contributed by atoms with Gasteiger partial charge in [0.15, 0.2) is 4.80 Å². The van der Waals surface area contributed by atoms with E-state index in [2.05, 4.69) is 4.99 Å². The molecule has 0 fully saturated rings. The Morgan fingerprint density at radius 2 is 1.89 bits per heavy atom. The second-order valence-electron chi connectivity index (χ2n) is 8.52. The number of methoxy groups -OCH3 is 1. The third kappa shape index (κ3) is 4.66. The summed E-state index contributed by atoms with van der Waals surface area (Å²) >= 11 is 1.30. The Bertz CT molecular complexity index is 1480. The van der Waals surface area contributed by atoms with Crippen molar-refractivity contribution in [3.8, 4) is 5.75 Å².